The predicted octanol–water partition coefficient (Wildman–Crippen LogP) is 6.00. The molecule has 3 heterocycles. The molecule has 2 aromatic rings. The molecule has 1 aromatic carbocycles. The molecule has 1 aromatic heterocycles. The van der Waals surface area contributed by atoms with Crippen LogP contribution in [0.3, 0.4) is 0 Å². The smallest absolute Gasteiger partial charge is 0.170 e. The summed E-state index contributed by atoms with van der Waals surface area (Å²) in [5, 5.41) is 5.05. The van der Waals surface area contributed by atoms with E-state index < -0.39 is 0 Å². The van der Waals surface area contributed by atoms with Gasteiger partial charge in [0, 0.05) is 36.1 Å². The van der Waals surface area contributed by atoms with Crippen molar-refractivity contribution >= 4 is 40.2 Å². The van der Waals surface area contributed by atoms with Gasteiger partial charge in [0.05, 0.1) is 23.3 Å². The van der Waals surface area contributed by atoms with Crippen LogP contribution in [0, 0.1) is 5.92 Å². The molecule has 0 spiro atoms. The summed E-state index contributed by atoms with van der Waals surface area (Å²) in [6.45, 7) is 11.9. The van der Waals surface area contributed by atoms with E-state index >= 15 is 0 Å². The highest BCUT2D eigenvalue weighted by Crippen LogP contribution is 2.46. The summed E-state index contributed by atoms with van der Waals surface area (Å²) in [5.74, 6) is 0.467. The number of thiocarbonyl (C=S) groups is 1. The van der Waals surface area contributed by atoms with Crippen LogP contribution in [0.5, 0.6) is 0 Å². The van der Waals surface area contributed by atoms with Crippen LogP contribution < -0.4 is 10.2 Å². The maximum absolute atomic E-state index is 6.99. The highest BCUT2D eigenvalue weighted by atomic mass is 35.5. The van der Waals surface area contributed by atoms with Gasteiger partial charge in [-0.2, -0.15) is 0 Å². The molecule has 0 amide bonds. The van der Waals surface area contributed by atoms with Crippen LogP contribution in [0.2, 0.25) is 5.02 Å². The molecule has 31 heavy (non-hydrogen) atoms. The summed E-state index contributed by atoms with van der Waals surface area (Å²) in [5.41, 5.74) is 5.67. The van der Waals surface area contributed by atoms with E-state index in [-0.39, 0.29) is 17.6 Å². The fourth-order valence-electron chi connectivity index (χ4n) is 4.75. The molecule has 1 N–H and O–H groups in total. The van der Waals surface area contributed by atoms with Crippen molar-refractivity contribution in [1.29, 1.82) is 0 Å². The molecule has 0 radical (unpaired) electrons. The highest BCUT2D eigenvalue weighted by molar-refractivity contribution is 7.80. The first-order valence-corrected chi connectivity index (χ1v) is 11.6. The standard InChI is InChI=1S/C25H31ClN4S/c1-15(2)14-30-23(22(28-24(30)31)20-9-7-8-10-27-20)18-11-17-16(3)13-25(4,5)29(6)21(17)12-19(18)26/h7-13,15,22-23H,14H2,1-6H3,(H,28,31)/t22-,23-/m1/s1. The van der Waals surface area contributed by atoms with Crippen LogP contribution in [0.1, 0.15) is 63.5 Å². The van der Waals surface area contributed by atoms with Gasteiger partial charge in [-0.1, -0.05) is 37.6 Å². The summed E-state index contributed by atoms with van der Waals surface area (Å²) in [4.78, 5) is 9.21. The number of likely N-dealkylation sites (N-methyl/N-ethyl adjacent to an activating group) is 1. The molecule has 6 heteroatoms. The molecule has 2 aliphatic heterocycles. The van der Waals surface area contributed by atoms with Gasteiger partial charge in [-0.25, -0.2) is 0 Å². The number of nitrogens with zero attached hydrogens (tertiary/aromatic N) is 3. The van der Waals surface area contributed by atoms with Crippen LogP contribution in [0.15, 0.2) is 42.6 Å². The summed E-state index contributed by atoms with van der Waals surface area (Å²) in [6, 6.07) is 10.3. The van der Waals surface area contributed by atoms with Gasteiger partial charge in [0.25, 0.3) is 0 Å². The Balaban J connectivity index is 1.86. The van der Waals surface area contributed by atoms with Crippen molar-refractivity contribution in [3.05, 3.63) is 64.4 Å². The first-order chi connectivity index (χ1) is 14.6. The molecule has 1 saturated heterocycles. The van der Waals surface area contributed by atoms with E-state index in [2.05, 4.69) is 86.0 Å². The molecule has 164 valence electrons. The number of nitrogens with one attached hydrogen (secondary N) is 1. The van der Waals surface area contributed by atoms with Gasteiger partial charge >= 0.3 is 0 Å². The molecule has 0 bridgehead atoms. The number of hydrogen-bond acceptors (Lipinski definition) is 3. The quantitative estimate of drug-likeness (QED) is 0.573. The molecule has 4 rings (SSSR count). The van der Waals surface area contributed by atoms with Crippen LogP contribution >= 0.6 is 23.8 Å². The van der Waals surface area contributed by atoms with Crippen LogP contribution in [-0.4, -0.2) is 34.1 Å². The van der Waals surface area contributed by atoms with Gasteiger partial charge in [-0.3, -0.25) is 4.98 Å². The summed E-state index contributed by atoms with van der Waals surface area (Å²) in [6.07, 6.45) is 4.16. The monoisotopic (exact) mass is 454 g/mol. The van der Waals surface area contributed by atoms with Gasteiger partial charge in [0.2, 0.25) is 0 Å². The van der Waals surface area contributed by atoms with E-state index in [0.29, 0.717) is 5.92 Å². The Hall–Kier alpha value is -2.11. The van der Waals surface area contributed by atoms with E-state index in [1.165, 1.54) is 11.1 Å². The minimum absolute atomic E-state index is 0.0179. The van der Waals surface area contributed by atoms with E-state index in [1.54, 1.807) is 0 Å². The normalized spacial score (nSPS) is 22.5. The van der Waals surface area contributed by atoms with Gasteiger partial charge in [0.1, 0.15) is 0 Å². The van der Waals surface area contributed by atoms with Crippen LogP contribution in [0.25, 0.3) is 5.57 Å². The first-order valence-electron chi connectivity index (χ1n) is 10.9. The Kier molecular flexibility index (Phi) is 5.78. The third-order valence-electron chi connectivity index (χ3n) is 6.41. The summed E-state index contributed by atoms with van der Waals surface area (Å²) >= 11 is 12.8. The van der Waals surface area contributed by atoms with Crippen molar-refractivity contribution in [2.75, 3.05) is 18.5 Å². The third-order valence-corrected chi connectivity index (χ3v) is 7.09. The van der Waals surface area contributed by atoms with Crippen molar-refractivity contribution in [2.45, 2.75) is 52.2 Å². The largest absolute Gasteiger partial charge is 0.365 e. The Morgan fingerprint density at radius 3 is 2.65 bits per heavy atom. The molecule has 0 saturated carbocycles. The lowest BCUT2D eigenvalue weighted by molar-refractivity contribution is 0.288. The van der Waals surface area contributed by atoms with Crippen LogP contribution in [-0.2, 0) is 0 Å². The number of allylic oxidation sites excluding steroid dienone is 1. The van der Waals surface area contributed by atoms with Crippen molar-refractivity contribution in [2.24, 2.45) is 5.92 Å². The second kappa shape index (κ2) is 8.10. The van der Waals surface area contributed by atoms with Crippen molar-refractivity contribution in [1.82, 2.24) is 15.2 Å². The summed E-state index contributed by atoms with van der Waals surface area (Å²) < 4.78 is 0. The zero-order chi connectivity index (χ0) is 22.5. The number of benzene rings is 1. The Labute approximate surface area is 196 Å². The fraction of sp³-hybridized carbons (Fsp3) is 0.440. The lowest BCUT2D eigenvalue weighted by Gasteiger charge is -2.41. The molecular weight excluding hydrogens is 424 g/mol. The van der Waals surface area contributed by atoms with Gasteiger partial charge in [-0.15, -0.1) is 0 Å². The lowest BCUT2D eigenvalue weighted by Crippen LogP contribution is -2.42. The Morgan fingerprint density at radius 2 is 2.00 bits per heavy atom. The number of hydrogen-bond donors (Lipinski definition) is 1. The number of pyridine rings is 1. The molecule has 2 aliphatic rings. The number of rotatable bonds is 4. The third kappa shape index (κ3) is 3.94. The zero-order valence-electron chi connectivity index (χ0n) is 19.1. The number of anilines is 1. The predicted molar refractivity (Wildman–Crippen MR) is 135 cm³/mol. The lowest BCUT2D eigenvalue weighted by atomic mass is 9.86. The minimum atomic E-state index is -0.0570. The van der Waals surface area contributed by atoms with Gasteiger partial charge in [-0.05, 0) is 74.3 Å². The van der Waals surface area contributed by atoms with E-state index in [9.17, 15) is 0 Å². The second-order valence-electron chi connectivity index (χ2n) is 9.60. The van der Waals surface area contributed by atoms with E-state index in [1.807, 2.05) is 18.3 Å². The average molecular weight is 455 g/mol. The zero-order valence-corrected chi connectivity index (χ0v) is 20.7. The van der Waals surface area contributed by atoms with E-state index in [4.69, 9.17) is 23.8 Å². The minimum Gasteiger partial charge on any atom is -0.365 e. The number of aromatic nitrogens is 1. The van der Waals surface area contributed by atoms with Crippen LogP contribution in [0.4, 0.5) is 5.69 Å². The van der Waals surface area contributed by atoms with Crippen molar-refractivity contribution < 1.29 is 0 Å². The first kappa shape index (κ1) is 22.1. The summed E-state index contributed by atoms with van der Waals surface area (Å²) in [7, 11) is 2.13. The van der Waals surface area contributed by atoms with Gasteiger partial charge in [0.15, 0.2) is 5.11 Å². The molecule has 0 unspecified atom stereocenters. The second-order valence-corrected chi connectivity index (χ2v) is 10.4. The molecule has 4 nitrogen and oxygen atoms in total. The topological polar surface area (TPSA) is 31.4 Å². The Bertz CT molecular complexity index is 1030. The Morgan fingerprint density at radius 1 is 1.26 bits per heavy atom. The number of fused-ring (bicyclic) bond motifs is 1. The maximum atomic E-state index is 6.99. The fourth-order valence-corrected chi connectivity index (χ4v) is 5.33. The van der Waals surface area contributed by atoms with E-state index in [0.717, 1.165) is 33.6 Å². The molecule has 2 atom stereocenters. The highest BCUT2D eigenvalue weighted by Gasteiger charge is 2.41. The molecule has 1 fully saturated rings. The van der Waals surface area contributed by atoms with Gasteiger partial charge < -0.3 is 15.1 Å². The number of halogens is 1. The average Bonchev–Trinajstić information content (AvgIpc) is 3.02. The SMILES string of the molecule is CC1=CC(C)(C)N(C)c2cc(Cl)c([C@@H]3[C@@H](c4ccccn4)NC(=S)N3CC(C)C)cc21. The van der Waals surface area contributed by atoms with Crippen molar-refractivity contribution in [3.63, 3.8) is 0 Å². The molecule has 0 aliphatic carbocycles. The molecular formula is C25H31ClN4S. The van der Waals surface area contributed by atoms with Crippen molar-refractivity contribution in [3.8, 4) is 0 Å². The maximum Gasteiger partial charge on any atom is 0.170 e.